The number of allylic oxidation sites excluding steroid dienone is 2. The fraction of sp³-hybridized carbons (Fsp3) is 0.432. The predicted octanol–water partition coefficient (Wildman–Crippen LogP) is 11.3. The Morgan fingerprint density at radius 2 is 1.56 bits per heavy atom. The lowest BCUT2D eigenvalue weighted by molar-refractivity contribution is 0.102. The number of hydrogen-bond acceptors (Lipinski definition) is 2. The topological polar surface area (TPSA) is 56.9 Å². The summed E-state index contributed by atoms with van der Waals surface area (Å²) in [4.78, 5) is 16.8. The highest BCUT2D eigenvalue weighted by Gasteiger charge is 2.17. The smallest absolute Gasteiger partial charge is 0.255 e. The summed E-state index contributed by atoms with van der Waals surface area (Å²) in [6, 6.07) is 11.4. The van der Waals surface area contributed by atoms with Crippen LogP contribution in [0.25, 0.3) is 6.08 Å². The van der Waals surface area contributed by atoms with Gasteiger partial charge in [0, 0.05) is 40.0 Å². The Bertz CT molecular complexity index is 1340. The Labute approximate surface area is 258 Å². The van der Waals surface area contributed by atoms with E-state index in [0.29, 0.717) is 22.9 Å². The molecule has 4 nitrogen and oxygen atoms in total. The van der Waals surface area contributed by atoms with Crippen molar-refractivity contribution in [1.29, 1.82) is 0 Å². The number of benzene rings is 2. The second kappa shape index (κ2) is 18.1. The van der Waals surface area contributed by atoms with Crippen LogP contribution in [-0.2, 0) is 6.42 Å². The molecule has 0 saturated carbocycles. The highest BCUT2D eigenvalue weighted by molar-refractivity contribution is 6.06. The number of carbonyl (C=O) groups excluding carboxylic acids is 1. The van der Waals surface area contributed by atoms with E-state index in [2.05, 4.69) is 41.6 Å². The number of aryl methyl sites for hydroxylation is 2. The number of H-pyrrole nitrogens is 1. The average Bonchev–Trinajstić information content (AvgIpc) is 3.28. The molecule has 1 unspecified atom stereocenters. The van der Waals surface area contributed by atoms with Crippen molar-refractivity contribution >= 4 is 23.4 Å². The van der Waals surface area contributed by atoms with E-state index in [9.17, 15) is 13.6 Å². The van der Waals surface area contributed by atoms with Gasteiger partial charge in [0.1, 0.15) is 11.6 Å². The minimum absolute atomic E-state index is 0.159. The van der Waals surface area contributed by atoms with Gasteiger partial charge in [-0.05, 0) is 87.9 Å². The Morgan fingerprint density at radius 1 is 0.907 bits per heavy atom. The Hall–Kier alpha value is -3.67. The van der Waals surface area contributed by atoms with Crippen molar-refractivity contribution in [1.82, 2.24) is 4.98 Å². The third kappa shape index (κ3) is 10.5. The number of amides is 1. The van der Waals surface area contributed by atoms with Crippen molar-refractivity contribution in [2.75, 3.05) is 10.6 Å². The van der Waals surface area contributed by atoms with Crippen molar-refractivity contribution in [3.05, 3.63) is 99.5 Å². The van der Waals surface area contributed by atoms with Crippen molar-refractivity contribution in [2.45, 2.75) is 106 Å². The molecule has 43 heavy (non-hydrogen) atoms. The largest absolute Gasteiger partial charge is 0.360 e. The molecule has 1 amide bonds. The highest BCUT2D eigenvalue weighted by atomic mass is 19.1. The minimum Gasteiger partial charge on any atom is -0.360 e. The Kier molecular flexibility index (Phi) is 15.0. The van der Waals surface area contributed by atoms with Gasteiger partial charge in [-0.1, -0.05) is 78.0 Å². The SMILES string of the molecule is CC.CCCCCC(CCC)c1ccc(C(=O)Nc2c(CC)[nH]c(C)c2/C=C\C(Nc2cc(F)cc(F)c2)=C(C)C)cc1. The highest BCUT2D eigenvalue weighted by Crippen LogP contribution is 2.30. The molecular weight excluding hydrogens is 540 g/mol. The van der Waals surface area contributed by atoms with Gasteiger partial charge >= 0.3 is 0 Å². The van der Waals surface area contributed by atoms with E-state index in [1.165, 1.54) is 43.4 Å². The standard InChI is InChI=1S/C35H45F2N3O.C2H6/c1-7-10-11-13-25(12-8-2)26-14-16-27(17-15-26)35(41)40-34-31(24(6)38-32(34)9-3)18-19-33(23(4)5)39-30-21-28(36)20-29(37)22-30;1-2/h14-22,25,38-39H,7-13H2,1-6H3,(H,40,41);1-2H3/b19-18-;. The lowest BCUT2D eigenvalue weighted by Crippen LogP contribution is -2.13. The van der Waals surface area contributed by atoms with Crippen LogP contribution in [0, 0.1) is 18.6 Å². The molecule has 0 bridgehead atoms. The molecule has 0 aliphatic carbocycles. The van der Waals surface area contributed by atoms with Crippen molar-refractivity contribution in [3.8, 4) is 0 Å². The van der Waals surface area contributed by atoms with Crippen LogP contribution in [-0.4, -0.2) is 10.9 Å². The van der Waals surface area contributed by atoms with Crippen molar-refractivity contribution < 1.29 is 13.6 Å². The van der Waals surface area contributed by atoms with Crippen LogP contribution in [0.2, 0.25) is 0 Å². The normalized spacial score (nSPS) is 11.6. The zero-order chi connectivity index (χ0) is 31.9. The molecule has 0 spiro atoms. The summed E-state index contributed by atoms with van der Waals surface area (Å²) in [6.07, 6.45) is 11.7. The third-order valence-corrected chi connectivity index (χ3v) is 7.44. The fourth-order valence-electron chi connectivity index (χ4n) is 5.16. The van der Waals surface area contributed by atoms with Gasteiger partial charge in [0.15, 0.2) is 0 Å². The molecule has 0 saturated heterocycles. The quantitative estimate of drug-likeness (QED) is 0.129. The Balaban J connectivity index is 0.00000316. The van der Waals surface area contributed by atoms with Crippen LogP contribution in [0.15, 0.2) is 59.8 Å². The van der Waals surface area contributed by atoms with Gasteiger partial charge in [0.05, 0.1) is 5.69 Å². The van der Waals surface area contributed by atoms with E-state index >= 15 is 0 Å². The second-order valence-corrected chi connectivity index (χ2v) is 11.0. The molecule has 0 aliphatic heterocycles. The fourth-order valence-corrected chi connectivity index (χ4v) is 5.16. The van der Waals surface area contributed by atoms with Gasteiger partial charge in [0.25, 0.3) is 5.91 Å². The van der Waals surface area contributed by atoms with Gasteiger partial charge in [-0.25, -0.2) is 8.78 Å². The lowest BCUT2D eigenvalue weighted by Gasteiger charge is -2.17. The number of anilines is 2. The summed E-state index contributed by atoms with van der Waals surface area (Å²) in [7, 11) is 0. The van der Waals surface area contributed by atoms with Crippen molar-refractivity contribution in [3.63, 3.8) is 0 Å². The number of nitrogens with one attached hydrogen (secondary N) is 3. The van der Waals surface area contributed by atoms with Gasteiger partial charge in [-0.3, -0.25) is 4.79 Å². The van der Waals surface area contributed by atoms with Crippen LogP contribution >= 0.6 is 0 Å². The predicted molar refractivity (Wildman–Crippen MR) is 180 cm³/mol. The molecule has 2 aromatic carbocycles. The van der Waals surface area contributed by atoms with E-state index in [1.807, 2.05) is 65.8 Å². The molecule has 1 atom stereocenters. The number of aromatic amines is 1. The van der Waals surface area contributed by atoms with Crippen LogP contribution in [0.5, 0.6) is 0 Å². The number of aromatic nitrogens is 1. The molecule has 0 aliphatic rings. The number of rotatable bonds is 14. The molecule has 234 valence electrons. The molecule has 6 heteroatoms. The zero-order valence-electron chi connectivity index (χ0n) is 27.4. The van der Waals surface area contributed by atoms with Crippen molar-refractivity contribution in [2.24, 2.45) is 0 Å². The summed E-state index contributed by atoms with van der Waals surface area (Å²) >= 11 is 0. The monoisotopic (exact) mass is 591 g/mol. The first-order chi connectivity index (χ1) is 20.7. The first-order valence-electron chi connectivity index (χ1n) is 15.9. The van der Waals surface area contributed by atoms with E-state index < -0.39 is 11.6 Å². The maximum absolute atomic E-state index is 13.7. The van der Waals surface area contributed by atoms with E-state index in [1.54, 1.807) is 0 Å². The number of halogens is 2. The van der Waals surface area contributed by atoms with Gasteiger partial charge in [-0.2, -0.15) is 0 Å². The average molecular weight is 592 g/mol. The van der Waals surface area contributed by atoms with Gasteiger partial charge in [0.2, 0.25) is 0 Å². The maximum atomic E-state index is 13.7. The summed E-state index contributed by atoms with van der Waals surface area (Å²) in [5.41, 5.74) is 7.35. The molecule has 1 heterocycles. The molecule has 3 aromatic rings. The van der Waals surface area contributed by atoms with Crippen LogP contribution in [0.1, 0.15) is 126 Å². The maximum Gasteiger partial charge on any atom is 0.255 e. The molecule has 1 aromatic heterocycles. The first-order valence-corrected chi connectivity index (χ1v) is 15.9. The summed E-state index contributed by atoms with van der Waals surface area (Å²) in [6.45, 7) is 16.3. The summed E-state index contributed by atoms with van der Waals surface area (Å²) in [5, 5.41) is 6.25. The van der Waals surface area contributed by atoms with Crippen LogP contribution in [0.3, 0.4) is 0 Å². The lowest BCUT2D eigenvalue weighted by atomic mass is 9.89. The Morgan fingerprint density at radius 3 is 2.12 bits per heavy atom. The molecule has 3 rings (SSSR count). The van der Waals surface area contributed by atoms with Crippen LogP contribution in [0.4, 0.5) is 20.2 Å². The van der Waals surface area contributed by atoms with Gasteiger partial charge < -0.3 is 15.6 Å². The molecule has 3 N–H and O–H groups in total. The molecular formula is C37H51F2N3O. The van der Waals surface area contributed by atoms with E-state index in [-0.39, 0.29) is 5.91 Å². The number of unbranched alkanes of at least 4 members (excludes halogenated alkanes) is 2. The number of hydrogen-bond donors (Lipinski definition) is 3. The van der Waals surface area contributed by atoms with E-state index in [4.69, 9.17) is 0 Å². The molecule has 0 radical (unpaired) electrons. The minimum atomic E-state index is -0.644. The zero-order valence-corrected chi connectivity index (χ0v) is 27.4. The molecule has 0 fully saturated rings. The summed E-state index contributed by atoms with van der Waals surface area (Å²) < 4.78 is 27.5. The first kappa shape index (κ1) is 35.5. The second-order valence-electron chi connectivity index (χ2n) is 11.0. The van der Waals surface area contributed by atoms with E-state index in [0.717, 1.165) is 53.5 Å². The third-order valence-electron chi connectivity index (χ3n) is 7.44. The van der Waals surface area contributed by atoms with Gasteiger partial charge in [-0.15, -0.1) is 0 Å². The summed E-state index contributed by atoms with van der Waals surface area (Å²) in [5.74, 6) is -0.919. The number of carbonyl (C=O) groups is 1. The van der Waals surface area contributed by atoms with Crippen LogP contribution < -0.4 is 10.6 Å².